The van der Waals surface area contributed by atoms with E-state index in [1.165, 1.54) is 6.08 Å². The zero-order valence-corrected chi connectivity index (χ0v) is 17.8. The predicted molar refractivity (Wildman–Crippen MR) is 124 cm³/mol. The van der Waals surface area contributed by atoms with Gasteiger partial charge in [-0.3, -0.25) is 24.4 Å². The van der Waals surface area contributed by atoms with E-state index in [2.05, 4.69) is 15.7 Å². The monoisotopic (exact) mass is 443 g/mol. The van der Waals surface area contributed by atoms with Crippen molar-refractivity contribution in [1.29, 1.82) is 0 Å². The van der Waals surface area contributed by atoms with Crippen molar-refractivity contribution in [1.82, 2.24) is 9.78 Å². The first-order valence-electron chi connectivity index (χ1n) is 10.3. The molecule has 3 aromatic rings. The Morgan fingerprint density at radius 3 is 2.36 bits per heavy atom. The SMILES string of the molecule is Cn1nc(-c2ccc(NC(=O)C3=CCCC=C3[N+](=O)[O-])cc2)cc1NC(=O)c1ccccc1. The number of carbonyl (C=O) groups is 2. The van der Waals surface area contributed by atoms with E-state index in [0.29, 0.717) is 35.6 Å². The molecule has 0 saturated heterocycles. The summed E-state index contributed by atoms with van der Waals surface area (Å²) in [5.41, 5.74) is 2.38. The van der Waals surface area contributed by atoms with E-state index in [1.807, 2.05) is 6.07 Å². The predicted octanol–water partition coefficient (Wildman–Crippen LogP) is 4.16. The highest BCUT2D eigenvalue weighted by Crippen LogP contribution is 2.25. The van der Waals surface area contributed by atoms with Gasteiger partial charge in [-0.15, -0.1) is 0 Å². The Labute approximate surface area is 189 Å². The lowest BCUT2D eigenvalue weighted by atomic mass is 10.0. The summed E-state index contributed by atoms with van der Waals surface area (Å²) in [6, 6.07) is 17.6. The minimum absolute atomic E-state index is 0.0684. The molecule has 9 nitrogen and oxygen atoms in total. The number of anilines is 2. The topological polar surface area (TPSA) is 119 Å². The first-order chi connectivity index (χ1) is 15.9. The molecular weight excluding hydrogens is 422 g/mol. The zero-order chi connectivity index (χ0) is 23.4. The zero-order valence-electron chi connectivity index (χ0n) is 17.8. The van der Waals surface area contributed by atoms with Crippen LogP contribution < -0.4 is 10.6 Å². The second-order valence-corrected chi connectivity index (χ2v) is 7.43. The van der Waals surface area contributed by atoms with Crippen molar-refractivity contribution in [2.24, 2.45) is 7.05 Å². The summed E-state index contributed by atoms with van der Waals surface area (Å²) in [5, 5.41) is 21.2. The van der Waals surface area contributed by atoms with Gasteiger partial charge in [0.1, 0.15) is 11.4 Å². The smallest absolute Gasteiger partial charge is 0.277 e. The van der Waals surface area contributed by atoms with Gasteiger partial charge in [0, 0.05) is 29.9 Å². The number of benzene rings is 2. The molecule has 0 fully saturated rings. The first-order valence-corrected chi connectivity index (χ1v) is 10.3. The van der Waals surface area contributed by atoms with Crippen LogP contribution in [0.3, 0.4) is 0 Å². The van der Waals surface area contributed by atoms with Gasteiger partial charge in [0.05, 0.1) is 10.6 Å². The van der Waals surface area contributed by atoms with Gasteiger partial charge < -0.3 is 10.6 Å². The Morgan fingerprint density at radius 2 is 1.67 bits per heavy atom. The Bertz CT molecular complexity index is 1270. The molecule has 9 heteroatoms. The van der Waals surface area contributed by atoms with Gasteiger partial charge in [-0.05, 0) is 43.2 Å². The molecule has 0 bridgehead atoms. The van der Waals surface area contributed by atoms with E-state index < -0.39 is 10.8 Å². The van der Waals surface area contributed by atoms with Crippen LogP contribution in [0.2, 0.25) is 0 Å². The second-order valence-electron chi connectivity index (χ2n) is 7.43. The quantitative estimate of drug-likeness (QED) is 0.438. The van der Waals surface area contributed by atoms with Gasteiger partial charge in [0.25, 0.3) is 17.5 Å². The molecule has 2 aromatic carbocycles. The molecule has 4 rings (SSSR count). The van der Waals surface area contributed by atoms with Crippen LogP contribution in [-0.4, -0.2) is 26.5 Å². The van der Waals surface area contributed by atoms with E-state index in [4.69, 9.17) is 0 Å². The summed E-state index contributed by atoms with van der Waals surface area (Å²) in [5.74, 6) is -0.211. The van der Waals surface area contributed by atoms with Gasteiger partial charge >= 0.3 is 0 Å². The minimum Gasteiger partial charge on any atom is -0.322 e. The van der Waals surface area contributed by atoms with Crippen LogP contribution in [0.1, 0.15) is 23.2 Å². The van der Waals surface area contributed by atoms with Crippen molar-refractivity contribution < 1.29 is 14.5 Å². The summed E-state index contributed by atoms with van der Waals surface area (Å²) < 4.78 is 1.58. The highest BCUT2D eigenvalue weighted by Gasteiger charge is 2.26. The maximum Gasteiger partial charge on any atom is 0.277 e. The van der Waals surface area contributed by atoms with Crippen LogP contribution in [0.4, 0.5) is 11.5 Å². The highest BCUT2D eigenvalue weighted by molar-refractivity contribution is 6.06. The third-order valence-corrected chi connectivity index (χ3v) is 5.17. The van der Waals surface area contributed by atoms with Crippen LogP contribution in [0.15, 0.2) is 84.1 Å². The molecule has 0 unspecified atom stereocenters. The number of nitro groups is 1. The highest BCUT2D eigenvalue weighted by atomic mass is 16.6. The number of aromatic nitrogens is 2. The number of nitrogens with one attached hydrogen (secondary N) is 2. The van der Waals surface area contributed by atoms with Crippen molar-refractivity contribution >= 4 is 23.3 Å². The Balaban J connectivity index is 1.45. The molecule has 33 heavy (non-hydrogen) atoms. The third-order valence-electron chi connectivity index (χ3n) is 5.17. The van der Waals surface area contributed by atoms with Crippen LogP contribution >= 0.6 is 0 Å². The molecular formula is C24H21N5O4. The number of carbonyl (C=O) groups excluding carboxylic acids is 2. The number of nitrogens with zero attached hydrogens (tertiary/aromatic N) is 3. The number of hydrogen-bond acceptors (Lipinski definition) is 5. The Morgan fingerprint density at radius 1 is 0.970 bits per heavy atom. The van der Waals surface area contributed by atoms with Crippen LogP contribution in [0.5, 0.6) is 0 Å². The summed E-state index contributed by atoms with van der Waals surface area (Å²) in [6.45, 7) is 0. The summed E-state index contributed by atoms with van der Waals surface area (Å²) in [4.78, 5) is 35.6. The number of hydrogen-bond donors (Lipinski definition) is 2. The third kappa shape index (κ3) is 4.87. The molecule has 0 atom stereocenters. The van der Waals surface area contributed by atoms with Gasteiger partial charge in [-0.1, -0.05) is 36.4 Å². The molecule has 166 valence electrons. The molecule has 1 aliphatic carbocycles. The fourth-order valence-corrected chi connectivity index (χ4v) is 3.47. The lowest BCUT2D eigenvalue weighted by Gasteiger charge is -2.10. The van der Waals surface area contributed by atoms with E-state index in [0.717, 1.165) is 5.56 Å². The average molecular weight is 443 g/mol. The largest absolute Gasteiger partial charge is 0.322 e. The number of amides is 2. The lowest BCUT2D eigenvalue weighted by Crippen LogP contribution is -2.20. The lowest BCUT2D eigenvalue weighted by molar-refractivity contribution is -0.420. The molecule has 1 heterocycles. The molecule has 2 amide bonds. The summed E-state index contributed by atoms with van der Waals surface area (Å²) in [6.07, 6.45) is 4.18. The Kier molecular flexibility index (Phi) is 6.12. The maximum atomic E-state index is 12.5. The van der Waals surface area contributed by atoms with Crippen molar-refractivity contribution in [2.45, 2.75) is 12.8 Å². The fourth-order valence-electron chi connectivity index (χ4n) is 3.47. The van der Waals surface area contributed by atoms with E-state index in [-0.39, 0.29) is 17.2 Å². The minimum atomic E-state index is -0.539. The van der Waals surface area contributed by atoms with Gasteiger partial charge in [0.2, 0.25) is 0 Å². The normalized spacial score (nSPS) is 13.0. The van der Waals surface area contributed by atoms with Crippen LogP contribution in [-0.2, 0) is 11.8 Å². The van der Waals surface area contributed by atoms with Crippen LogP contribution in [0.25, 0.3) is 11.3 Å². The maximum absolute atomic E-state index is 12.5. The average Bonchev–Trinajstić information content (AvgIpc) is 3.20. The molecule has 0 aliphatic heterocycles. The fraction of sp³-hybridized carbons (Fsp3) is 0.125. The molecule has 1 aliphatic rings. The number of aryl methyl sites for hydroxylation is 1. The Hall–Kier alpha value is -4.53. The van der Waals surface area contributed by atoms with Gasteiger partial charge in [0.15, 0.2) is 0 Å². The van der Waals surface area contributed by atoms with E-state index >= 15 is 0 Å². The van der Waals surface area contributed by atoms with E-state index in [1.54, 1.807) is 72.4 Å². The molecule has 0 radical (unpaired) electrons. The van der Waals surface area contributed by atoms with E-state index in [9.17, 15) is 19.7 Å². The first kappa shape index (κ1) is 21.7. The molecule has 0 spiro atoms. The van der Waals surface area contributed by atoms with Gasteiger partial charge in [-0.2, -0.15) is 5.10 Å². The standard InChI is InChI=1S/C24H21N5O4/c1-28-22(26-23(30)17-7-3-2-4-8-17)15-20(27-28)16-11-13-18(14-12-16)25-24(31)19-9-5-6-10-21(19)29(32)33/h2-4,7-15H,5-6H2,1H3,(H,25,31)(H,26,30). The number of allylic oxidation sites excluding steroid dienone is 2. The van der Waals surface area contributed by atoms with Crippen molar-refractivity contribution in [3.8, 4) is 11.3 Å². The van der Waals surface area contributed by atoms with Crippen molar-refractivity contribution in [3.63, 3.8) is 0 Å². The van der Waals surface area contributed by atoms with Gasteiger partial charge in [-0.25, -0.2) is 0 Å². The van der Waals surface area contributed by atoms with Crippen molar-refractivity contribution in [2.75, 3.05) is 10.6 Å². The summed E-state index contributed by atoms with van der Waals surface area (Å²) >= 11 is 0. The van der Waals surface area contributed by atoms with Crippen molar-refractivity contribution in [3.05, 3.63) is 99.8 Å². The molecule has 0 saturated carbocycles. The number of rotatable bonds is 6. The molecule has 2 N–H and O–H groups in total. The van der Waals surface area contributed by atoms with Crippen LogP contribution in [0, 0.1) is 10.1 Å². The summed E-state index contributed by atoms with van der Waals surface area (Å²) in [7, 11) is 1.73. The second kappa shape index (κ2) is 9.31. The molecule has 1 aromatic heterocycles.